The first-order chi connectivity index (χ1) is 12.1. The van der Waals surface area contributed by atoms with Crippen molar-refractivity contribution in [2.45, 2.75) is 40.2 Å². The van der Waals surface area contributed by atoms with Gasteiger partial charge in [-0.3, -0.25) is 4.90 Å². The molecule has 1 fully saturated rings. The molecule has 2 N–H and O–H groups in total. The number of hydrogen-bond acceptors (Lipinski definition) is 5. The zero-order chi connectivity index (χ0) is 18.1. The maximum absolute atomic E-state index is 5.35. The molecule has 26 heavy (non-hydrogen) atoms. The molecule has 2 rings (SSSR count). The van der Waals surface area contributed by atoms with Crippen LogP contribution in [0.3, 0.4) is 0 Å². The predicted octanol–water partition coefficient (Wildman–Crippen LogP) is 2.11. The summed E-state index contributed by atoms with van der Waals surface area (Å²) >= 11 is 0. The van der Waals surface area contributed by atoms with Crippen molar-refractivity contribution in [3.8, 4) is 0 Å². The molecule has 0 amide bonds. The lowest BCUT2D eigenvalue weighted by Crippen LogP contribution is -2.49. The Kier molecular flexibility index (Phi) is 11.1. The van der Waals surface area contributed by atoms with Gasteiger partial charge in [-0.1, -0.05) is 25.9 Å². The molecule has 1 saturated heterocycles. The van der Waals surface area contributed by atoms with E-state index in [4.69, 9.17) is 4.52 Å². The van der Waals surface area contributed by atoms with Gasteiger partial charge < -0.3 is 20.1 Å². The normalized spacial score (nSPS) is 16.6. The minimum Gasteiger partial charge on any atom is -0.359 e. The smallest absolute Gasteiger partial charge is 0.191 e. The average molecular weight is 478 g/mol. The predicted molar refractivity (Wildman–Crippen MR) is 117 cm³/mol. The summed E-state index contributed by atoms with van der Waals surface area (Å²) in [6, 6.07) is 1.99. The van der Waals surface area contributed by atoms with Gasteiger partial charge in [0.05, 0.1) is 5.69 Å². The molecule has 1 aliphatic rings. The number of guanidine groups is 1. The fourth-order valence-electron chi connectivity index (χ4n) is 2.84. The third-order valence-electron chi connectivity index (χ3n) is 4.54. The monoisotopic (exact) mass is 478 g/mol. The molecule has 0 atom stereocenters. The van der Waals surface area contributed by atoms with E-state index in [0.29, 0.717) is 12.5 Å². The van der Waals surface area contributed by atoms with Gasteiger partial charge in [0, 0.05) is 51.9 Å². The summed E-state index contributed by atoms with van der Waals surface area (Å²) in [4.78, 5) is 9.60. The molecular formula is C18H35IN6O. The topological polar surface area (TPSA) is 68.9 Å². The quantitative estimate of drug-likeness (QED) is 0.339. The Hall–Kier alpha value is -0.870. The van der Waals surface area contributed by atoms with E-state index in [-0.39, 0.29) is 24.0 Å². The first kappa shape index (κ1) is 23.2. The molecule has 8 heteroatoms. The van der Waals surface area contributed by atoms with Gasteiger partial charge in [-0.15, -0.1) is 24.0 Å². The molecule has 0 radical (unpaired) electrons. The van der Waals surface area contributed by atoms with Crippen molar-refractivity contribution in [1.82, 2.24) is 25.6 Å². The Labute approximate surface area is 175 Å². The van der Waals surface area contributed by atoms with E-state index >= 15 is 0 Å². The van der Waals surface area contributed by atoms with Gasteiger partial charge in [-0.25, -0.2) is 4.99 Å². The number of aromatic nitrogens is 1. The highest BCUT2D eigenvalue weighted by atomic mass is 127. The molecular weight excluding hydrogens is 443 g/mol. The Bertz CT molecular complexity index is 526. The van der Waals surface area contributed by atoms with E-state index in [1.165, 1.54) is 13.1 Å². The van der Waals surface area contributed by atoms with Crippen LogP contribution in [0.15, 0.2) is 15.6 Å². The van der Waals surface area contributed by atoms with Crippen LogP contribution in [0.2, 0.25) is 0 Å². The van der Waals surface area contributed by atoms with Crippen LogP contribution in [-0.2, 0) is 6.54 Å². The number of nitrogens with one attached hydrogen (secondary N) is 2. The molecule has 0 saturated carbocycles. The van der Waals surface area contributed by atoms with Crippen LogP contribution < -0.4 is 10.6 Å². The van der Waals surface area contributed by atoms with Crippen LogP contribution in [0.5, 0.6) is 0 Å². The van der Waals surface area contributed by atoms with Gasteiger partial charge in [0.15, 0.2) is 11.7 Å². The average Bonchev–Trinajstić information content (AvgIpc) is 3.09. The minimum atomic E-state index is 0. The van der Waals surface area contributed by atoms with E-state index in [1.807, 2.05) is 6.07 Å². The third kappa shape index (κ3) is 7.79. The van der Waals surface area contributed by atoms with Crippen LogP contribution in [-0.4, -0.2) is 73.3 Å². The van der Waals surface area contributed by atoms with Crippen molar-refractivity contribution in [2.75, 3.05) is 52.4 Å². The SMILES string of the molecule is CCNC(=NCc1cc(C(C)C)no1)NCCN1CCN(CC)CC1.I. The first-order valence-electron chi connectivity index (χ1n) is 9.54. The number of halogens is 1. The minimum absolute atomic E-state index is 0. The van der Waals surface area contributed by atoms with Crippen molar-refractivity contribution in [3.63, 3.8) is 0 Å². The van der Waals surface area contributed by atoms with Gasteiger partial charge in [0.25, 0.3) is 0 Å². The Morgan fingerprint density at radius 1 is 1.19 bits per heavy atom. The molecule has 7 nitrogen and oxygen atoms in total. The zero-order valence-corrected chi connectivity index (χ0v) is 19.0. The summed E-state index contributed by atoms with van der Waals surface area (Å²) in [5, 5.41) is 10.8. The van der Waals surface area contributed by atoms with Crippen LogP contribution >= 0.6 is 24.0 Å². The molecule has 1 aromatic rings. The fraction of sp³-hybridized carbons (Fsp3) is 0.778. The highest BCUT2D eigenvalue weighted by Gasteiger charge is 2.14. The van der Waals surface area contributed by atoms with Crippen LogP contribution in [0.25, 0.3) is 0 Å². The summed E-state index contributed by atoms with van der Waals surface area (Å²) in [7, 11) is 0. The number of likely N-dealkylation sites (N-methyl/N-ethyl adjacent to an activating group) is 1. The lowest BCUT2D eigenvalue weighted by Gasteiger charge is -2.34. The Morgan fingerprint density at radius 2 is 1.88 bits per heavy atom. The summed E-state index contributed by atoms with van der Waals surface area (Å²) in [6.07, 6.45) is 0. The van der Waals surface area contributed by atoms with Crippen LogP contribution in [0.4, 0.5) is 0 Å². The molecule has 150 valence electrons. The molecule has 0 aromatic carbocycles. The van der Waals surface area contributed by atoms with Gasteiger partial charge in [0.2, 0.25) is 0 Å². The van der Waals surface area contributed by atoms with E-state index in [1.54, 1.807) is 0 Å². The molecule has 1 aliphatic heterocycles. The maximum Gasteiger partial charge on any atom is 0.191 e. The maximum atomic E-state index is 5.35. The summed E-state index contributed by atoms with van der Waals surface area (Å²) < 4.78 is 5.35. The number of rotatable bonds is 8. The molecule has 0 bridgehead atoms. The second-order valence-corrected chi connectivity index (χ2v) is 6.77. The molecule has 1 aromatic heterocycles. The summed E-state index contributed by atoms with van der Waals surface area (Å²) in [6.45, 7) is 17.6. The van der Waals surface area contributed by atoms with Gasteiger partial charge in [-0.05, 0) is 19.4 Å². The number of aliphatic imine (C=N–C) groups is 1. The highest BCUT2D eigenvalue weighted by molar-refractivity contribution is 14.0. The second kappa shape index (κ2) is 12.5. The van der Waals surface area contributed by atoms with Crippen molar-refractivity contribution in [3.05, 3.63) is 17.5 Å². The van der Waals surface area contributed by atoms with Crippen LogP contribution in [0.1, 0.15) is 45.1 Å². The second-order valence-electron chi connectivity index (χ2n) is 6.77. The number of hydrogen-bond donors (Lipinski definition) is 2. The van der Waals surface area contributed by atoms with Gasteiger partial charge >= 0.3 is 0 Å². The number of nitrogens with zero attached hydrogens (tertiary/aromatic N) is 4. The highest BCUT2D eigenvalue weighted by Crippen LogP contribution is 2.14. The summed E-state index contributed by atoms with van der Waals surface area (Å²) in [5.74, 6) is 2.01. The molecule has 0 aliphatic carbocycles. The largest absolute Gasteiger partial charge is 0.359 e. The number of piperazine rings is 1. The molecule has 0 spiro atoms. The third-order valence-corrected chi connectivity index (χ3v) is 4.54. The van der Waals surface area contributed by atoms with E-state index in [2.05, 4.69) is 58.3 Å². The standard InChI is InChI=1S/C18H34N6O.HI/c1-5-19-18(21-14-16-13-17(15(3)4)22-25-16)20-7-8-24-11-9-23(6-2)10-12-24;/h13,15H,5-12,14H2,1-4H3,(H2,19,20,21);1H. The van der Waals surface area contributed by atoms with Crippen molar-refractivity contribution in [2.24, 2.45) is 4.99 Å². The lowest BCUT2D eigenvalue weighted by atomic mass is 10.1. The van der Waals surface area contributed by atoms with Gasteiger partial charge in [0.1, 0.15) is 6.54 Å². The summed E-state index contributed by atoms with van der Waals surface area (Å²) in [5.41, 5.74) is 0.981. The van der Waals surface area contributed by atoms with Crippen molar-refractivity contribution >= 4 is 29.9 Å². The van der Waals surface area contributed by atoms with Gasteiger partial charge in [-0.2, -0.15) is 0 Å². The van der Waals surface area contributed by atoms with Crippen molar-refractivity contribution in [1.29, 1.82) is 0 Å². The zero-order valence-electron chi connectivity index (χ0n) is 16.6. The van der Waals surface area contributed by atoms with Crippen LogP contribution in [0, 0.1) is 0 Å². The Morgan fingerprint density at radius 3 is 2.46 bits per heavy atom. The van der Waals surface area contributed by atoms with E-state index < -0.39 is 0 Å². The van der Waals surface area contributed by atoms with E-state index in [0.717, 1.165) is 56.7 Å². The first-order valence-corrected chi connectivity index (χ1v) is 9.54. The Balaban J connectivity index is 0.00000338. The fourth-order valence-corrected chi connectivity index (χ4v) is 2.84. The van der Waals surface area contributed by atoms with E-state index in [9.17, 15) is 0 Å². The van der Waals surface area contributed by atoms with Crippen molar-refractivity contribution < 1.29 is 4.52 Å². The molecule has 0 unspecified atom stereocenters. The lowest BCUT2D eigenvalue weighted by molar-refractivity contribution is 0.139. The molecule has 2 heterocycles.